The highest BCUT2D eigenvalue weighted by Crippen LogP contribution is 2.12. The van der Waals surface area contributed by atoms with Crippen LogP contribution in [-0.2, 0) is 4.79 Å². The first-order chi connectivity index (χ1) is 9.69. The maximum absolute atomic E-state index is 12.0. The van der Waals surface area contributed by atoms with Crippen LogP contribution in [0, 0.1) is 0 Å². The van der Waals surface area contributed by atoms with Crippen LogP contribution in [-0.4, -0.2) is 11.8 Å². The van der Waals surface area contributed by atoms with Crippen LogP contribution < -0.4 is 10.6 Å². The molecule has 0 unspecified atom stereocenters. The fourth-order valence-corrected chi connectivity index (χ4v) is 1.62. The van der Waals surface area contributed by atoms with Crippen molar-refractivity contribution in [1.29, 1.82) is 0 Å². The Kier molecular flexibility index (Phi) is 4.29. The molecule has 0 aliphatic rings. The molecule has 2 aromatic carbocycles. The lowest BCUT2D eigenvalue weighted by Gasteiger charge is -2.06. The Morgan fingerprint density at radius 2 is 1.45 bits per heavy atom. The number of benzene rings is 2. The first kappa shape index (κ1) is 13.5. The summed E-state index contributed by atoms with van der Waals surface area (Å²) in [5.41, 5.74) is 1.87. The Balaban J connectivity index is 2.04. The van der Waals surface area contributed by atoms with Gasteiger partial charge in [-0.05, 0) is 42.5 Å². The van der Waals surface area contributed by atoms with E-state index in [0.717, 1.165) is 5.69 Å². The van der Waals surface area contributed by atoms with E-state index in [1.807, 2.05) is 30.3 Å². The zero-order valence-electron chi connectivity index (χ0n) is 10.8. The number of nitrogens with one attached hydrogen (secondary N) is 2. The summed E-state index contributed by atoms with van der Waals surface area (Å²) in [5.74, 6) is -0.482. The summed E-state index contributed by atoms with van der Waals surface area (Å²) in [7, 11) is 0. The Morgan fingerprint density at radius 3 is 2.05 bits per heavy atom. The van der Waals surface area contributed by atoms with Crippen molar-refractivity contribution in [3.8, 4) is 0 Å². The van der Waals surface area contributed by atoms with Crippen LogP contribution in [0.25, 0.3) is 0 Å². The van der Waals surface area contributed by atoms with Gasteiger partial charge in [0.15, 0.2) is 0 Å². The van der Waals surface area contributed by atoms with E-state index < -0.39 is 0 Å². The van der Waals surface area contributed by atoms with E-state index in [9.17, 15) is 9.59 Å². The molecule has 2 amide bonds. The van der Waals surface area contributed by atoms with E-state index >= 15 is 0 Å². The zero-order chi connectivity index (χ0) is 14.4. The van der Waals surface area contributed by atoms with Gasteiger partial charge in [0.25, 0.3) is 5.91 Å². The topological polar surface area (TPSA) is 58.2 Å². The number of anilines is 2. The molecule has 0 spiro atoms. The van der Waals surface area contributed by atoms with Crippen LogP contribution in [0.4, 0.5) is 11.4 Å². The second-order valence-electron chi connectivity index (χ2n) is 4.09. The van der Waals surface area contributed by atoms with Gasteiger partial charge in [-0.1, -0.05) is 24.8 Å². The molecule has 0 saturated heterocycles. The van der Waals surface area contributed by atoms with E-state index in [2.05, 4.69) is 17.2 Å². The molecular weight excluding hydrogens is 252 g/mol. The van der Waals surface area contributed by atoms with Gasteiger partial charge in [0.05, 0.1) is 0 Å². The van der Waals surface area contributed by atoms with Gasteiger partial charge in [-0.3, -0.25) is 9.59 Å². The van der Waals surface area contributed by atoms with Crippen LogP contribution in [0.5, 0.6) is 0 Å². The van der Waals surface area contributed by atoms with Crippen LogP contribution in [0.3, 0.4) is 0 Å². The van der Waals surface area contributed by atoms with Crippen LogP contribution in [0.2, 0.25) is 0 Å². The summed E-state index contributed by atoms with van der Waals surface area (Å²) < 4.78 is 0. The number of carbonyl (C=O) groups excluding carboxylic acids is 2. The summed E-state index contributed by atoms with van der Waals surface area (Å²) in [4.78, 5) is 23.1. The smallest absolute Gasteiger partial charge is 0.255 e. The van der Waals surface area contributed by atoms with Gasteiger partial charge in [-0.25, -0.2) is 0 Å². The van der Waals surface area contributed by atoms with Gasteiger partial charge in [0, 0.05) is 16.9 Å². The van der Waals surface area contributed by atoms with E-state index in [0.29, 0.717) is 11.3 Å². The van der Waals surface area contributed by atoms with Crippen molar-refractivity contribution < 1.29 is 9.59 Å². The first-order valence-electron chi connectivity index (χ1n) is 6.09. The second kappa shape index (κ2) is 6.33. The van der Waals surface area contributed by atoms with Crippen molar-refractivity contribution in [1.82, 2.24) is 0 Å². The van der Waals surface area contributed by atoms with E-state index in [4.69, 9.17) is 0 Å². The Hall–Kier alpha value is -2.88. The molecule has 0 aliphatic carbocycles. The Morgan fingerprint density at radius 1 is 0.850 bits per heavy atom. The van der Waals surface area contributed by atoms with Gasteiger partial charge >= 0.3 is 0 Å². The summed E-state index contributed by atoms with van der Waals surface area (Å²) in [5, 5.41) is 5.41. The minimum absolute atomic E-state index is 0.196. The molecule has 2 rings (SSSR count). The summed E-state index contributed by atoms with van der Waals surface area (Å²) >= 11 is 0. The monoisotopic (exact) mass is 266 g/mol. The molecule has 0 fully saturated rings. The van der Waals surface area contributed by atoms with Crippen molar-refractivity contribution in [2.75, 3.05) is 10.6 Å². The third-order valence-corrected chi connectivity index (χ3v) is 2.63. The maximum Gasteiger partial charge on any atom is 0.255 e. The van der Waals surface area contributed by atoms with Crippen LogP contribution in [0.1, 0.15) is 10.4 Å². The number of carbonyl (C=O) groups is 2. The highest BCUT2D eigenvalue weighted by atomic mass is 16.2. The van der Waals surface area contributed by atoms with Crippen molar-refractivity contribution in [3.63, 3.8) is 0 Å². The summed E-state index contributed by atoms with van der Waals surface area (Å²) in [6.07, 6.45) is 1.19. The van der Waals surface area contributed by atoms with Gasteiger partial charge < -0.3 is 10.6 Å². The quantitative estimate of drug-likeness (QED) is 0.835. The van der Waals surface area contributed by atoms with Crippen molar-refractivity contribution >= 4 is 23.2 Å². The van der Waals surface area contributed by atoms with E-state index in [-0.39, 0.29) is 11.8 Å². The minimum Gasteiger partial charge on any atom is -0.323 e. The van der Waals surface area contributed by atoms with E-state index in [1.54, 1.807) is 24.3 Å². The average Bonchev–Trinajstić information content (AvgIpc) is 2.49. The minimum atomic E-state index is -0.286. The fourth-order valence-electron chi connectivity index (χ4n) is 1.62. The molecule has 20 heavy (non-hydrogen) atoms. The van der Waals surface area contributed by atoms with Crippen molar-refractivity contribution in [2.24, 2.45) is 0 Å². The normalized spacial score (nSPS) is 9.60. The Labute approximate surface area is 117 Å². The SMILES string of the molecule is C=CC(=O)Nc1ccc(C(=O)Nc2ccccc2)cc1. The standard InChI is InChI=1S/C16H14N2O2/c1-2-15(19)17-14-10-8-12(9-11-14)16(20)18-13-6-4-3-5-7-13/h2-11H,1H2,(H,17,19)(H,18,20). The molecule has 4 heteroatoms. The zero-order valence-corrected chi connectivity index (χ0v) is 10.8. The summed E-state index contributed by atoms with van der Waals surface area (Å²) in [6, 6.07) is 15.9. The molecule has 0 aromatic heterocycles. The molecule has 0 heterocycles. The number of para-hydroxylation sites is 1. The third-order valence-electron chi connectivity index (χ3n) is 2.63. The lowest BCUT2D eigenvalue weighted by Crippen LogP contribution is -2.12. The number of rotatable bonds is 4. The maximum atomic E-state index is 12.0. The molecular formula is C16H14N2O2. The fraction of sp³-hybridized carbons (Fsp3) is 0. The molecule has 2 aromatic rings. The molecule has 0 saturated carbocycles. The second-order valence-corrected chi connectivity index (χ2v) is 4.09. The van der Waals surface area contributed by atoms with Gasteiger partial charge in [-0.2, -0.15) is 0 Å². The molecule has 4 nitrogen and oxygen atoms in total. The van der Waals surface area contributed by atoms with Crippen LogP contribution in [0.15, 0.2) is 67.3 Å². The van der Waals surface area contributed by atoms with Crippen molar-refractivity contribution in [2.45, 2.75) is 0 Å². The molecule has 0 aliphatic heterocycles. The lowest BCUT2D eigenvalue weighted by molar-refractivity contribution is -0.111. The highest BCUT2D eigenvalue weighted by Gasteiger charge is 2.06. The number of amides is 2. The largest absolute Gasteiger partial charge is 0.323 e. The lowest BCUT2D eigenvalue weighted by atomic mass is 10.2. The Bertz CT molecular complexity index is 619. The van der Waals surface area contributed by atoms with Gasteiger partial charge in [-0.15, -0.1) is 0 Å². The van der Waals surface area contributed by atoms with Crippen LogP contribution >= 0.6 is 0 Å². The van der Waals surface area contributed by atoms with E-state index in [1.165, 1.54) is 6.08 Å². The highest BCUT2D eigenvalue weighted by molar-refractivity contribution is 6.05. The molecule has 2 N–H and O–H groups in total. The molecule has 100 valence electrons. The average molecular weight is 266 g/mol. The molecule has 0 bridgehead atoms. The predicted molar refractivity (Wildman–Crippen MR) is 79.7 cm³/mol. The number of hydrogen-bond acceptors (Lipinski definition) is 2. The van der Waals surface area contributed by atoms with Gasteiger partial charge in [0.2, 0.25) is 5.91 Å². The third kappa shape index (κ3) is 3.55. The van der Waals surface area contributed by atoms with Crippen molar-refractivity contribution in [3.05, 3.63) is 72.8 Å². The number of hydrogen-bond donors (Lipinski definition) is 2. The predicted octanol–water partition coefficient (Wildman–Crippen LogP) is 3.06. The summed E-state index contributed by atoms with van der Waals surface area (Å²) in [6.45, 7) is 3.37. The van der Waals surface area contributed by atoms with Gasteiger partial charge in [0.1, 0.15) is 0 Å². The molecule has 0 radical (unpaired) electrons. The molecule has 0 atom stereocenters. The first-order valence-corrected chi connectivity index (χ1v) is 6.09.